The van der Waals surface area contributed by atoms with Crippen molar-refractivity contribution in [2.75, 3.05) is 7.05 Å². The second kappa shape index (κ2) is 6.70. The minimum atomic E-state index is -0.385. The van der Waals surface area contributed by atoms with Gasteiger partial charge in [-0.25, -0.2) is 4.39 Å². The molecular formula is C16H17ClFN3. The quantitative estimate of drug-likeness (QED) is 0.657. The molecule has 0 aliphatic heterocycles. The second-order valence-corrected chi connectivity index (χ2v) is 5.45. The number of amidine groups is 1. The Labute approximate surface area is 128 Å². The van der Waals surface area contributed by atoms with Gasteiger partial charge in [0.25, 0.3) is 0 Å². The number of benzene rings is 2. The molecule has 0 aliphatic rings. The molecule has 3 nitrogen and oxygen atoms in total. The zero-order chi connectivity index (χ0) is 15.4. The van der Waals surface area contributed by atoms with Crippen molar-refractivity contribution in [2.24, 2.45) is 5.73 Å². The van der Waals surface area contributed by atoms with Crippen LogP contribution in [0.3, 0.4) is 0 Å². The summed E-state index contributed by atoms with van der Waals surface area (Å²) in [4.78, 5) is 2.07. The molecule has 0 amide bonds. The third kappa shape index (κ3) is 4.28. The highest BCUT2D eigenvalue weighted by molar-refractivity contribution is 6.30. The van der Waals surface area contributed by atoms with Gasteiger partial charge in [-0.15, -0.1) is 0 Å². The van der Waals surface area contributed by atoms with Gasteiger partial charge in [-0.2, -0.15) is 0 Å². The van der Waals surface area contributed by atoms with Crippen molar-refractivity contribution < 1.29 is 4.39 Å². The molecular weight excluding hydrogens is 289 g/mol. The predicted molar refractivity (Wildman–Crippen MR) is 84.0 cm³/mol. The molecule has 5 heteroatoms. The number of halogens is 2. The molecule has 110 valence electrons. The molecule has 2 rings (SSSR count). The molecule has 0 aliphatic carbocycles. The molecule has 0 unspecified atom stereocenters. The Bertz CT molecular complexity index is 640. The van der Waals surface area contributed by atoms with Crippen LogP contribution in [0.2, 0.25) is 5.02 Å². The monoisotopic (exact) mass is 305 g/mol. The number of nitrogens with zero attached hydrogens (tertiary/aromatic N) is 1. The number of nitrogens with one attached hydrogen (secondary N) is 1. The van der Waals surface area contributed by atoms with Gasteiger partial charge < -0.3 is 5.73 Å². The van der Waals surface area contributed by atoms with E-state index in [-0.39, 0.29) is 11.7 Å². The van der Waals surface area contributed by atoms with E-state index >= 15 is 0 Å². The SMILES string of the molecule is CN(Cc1ccc(Cl)cc1)Cc1ccc(F)cc1C(=N)N. The molecule has 0 spiro atoms. The maximum Gasteiger partial charge on any atom is 0.123 e. The van der Waals surface area contributed by atoms with Crippen molar-refractivity contribution in [2.45, 2.75) is 13.1 Å². The minimum absolute atomic E-state index is 0.121. The van der Waals surface area contributed by atoms with Crippen molar-refractivity contribution in [1.29, 1.82) is 5.41 Å². The van der Waals surface area contributed by atoms with Gasteiger partial charge in [0.2, 0.25) is 0 Å². The summed E-state index contributed by atoms with van der Waals surface area (Å²) < 4.78 is 13.3. The Morgan fingerprint density at radius 1 is 1.19 bits per heavy atom. The Kier molecular flexibility index (Phi) is 4.94. The molecule has 0 atom stereocenters. The van der Waals surface area contributed by atoms with Gasteiger partial charge in [0.05, 0.1) is 0 Å². The van der Waals surface area contributed by atoms with Gasteiger partial charge in [-0.1, -0.05) is 29.8 Å². The van der Waals surface area contributed by atoms with Crippen LogP contribution < -0.4 is 5.73 Å². The fraction of sp³-hybridized carbons (Fsp3) is 0.188. The van der Waals surface area contributed by atoms with E-state index in [0.717, 1.165) is 17.7 Å². The van der Waals surface area contributed by atoms with Crippen molar-refractivity contribution in [3.8, 4) is 0 Å². The van der Waals surface area contributed by atoms with Crippen LogP contribution in [-0.2, 0) is 13.1 Å². The van der Waals surface area contributed by atoms with Gasteiger partial charge in [-0.3, -0.25) is 10.3 Å². The van der Waals surface area contributed by atoms with Crippen LogP contribution in [0.25, 0.3) is 0 Å². The molecule has 0 aromatic heterocycles. The average Bonchev–Trinajstić information content (AvgIpc) is 2.43. The summed E-state index contributed by atoms with van der Waals surface area (Å²) in [7, 11) is 1.96. The van der Waals surface area contributed by atoms with Gasteiger partial charge in [0, 0.05) is 23.7 Å². The summed E-state index contributed by atoms with van der Waals surface area (Å²) in [6.07, 6.45) is 0. The number of rotatable bonds is 5. The van der Waals surface area contributed by atoms with E-state index in [2.05, 4.69) is 4.90 Å². The first-order chi connectivity index (χ1) is 9.95. The molecule has 0 bridgehead atoms. The summed E-state index contributed by atoms with van der Waals surface area (Å²) in [5.74, 6) is -0.506. The summed E-state index contributed by atoms with van der Waals surface area (Å²) >= 11 is 5.86. The van der Waals surface area contributed by atoms with Crippen LogP contribution >= 0.6 is 11.6 Å². The largest absolute Gasteiger partial charge is 0.384 e. The zero-order valence-corrected chi connectivity index (χ0v) is 12.5. The van der Waals surface area contributed by atoms with E-state index in [1.165, 1.54) is 12.1 Å². The van der Waals surface area contributed by atoms with Gasteiger partial charge >= 0.3 is 0 Å². The van der Waals surface area contributed by atoms with Crippen LogP contribution in [-0.4, -0.2) is 17.8 Å². The third-order valence-corrected chi connectivity index (χ3v) is 3.42. The number of hydrogen-bond donors (Lipinski definition) is 2. The molecule has 0 saturated heterocycles. The molecule has 0 heterocycles. The van der Waals surface area contributed by atoms with Gasteiger partial charge in [-0.05, 0) is 42.4 Å². The van der Waals surface area contributed by atoms with Gasteiger partial charge in [0.15, 0.2) is 0 Å². The summed E-state index contributed by atoms with van der Waals surface area (Å²) in [6.45, 7) is 1.31. The topological polar surface area (TPSA) is 53.1 Å². The molecule has 3 N–H and O–H groups in total. The lowest BCUT2D eigenvalue weighted by atomic mass is 10.1. The molecule has 2 aromatic rings. The first kappa shape index (κ1) is 15.5. The molecule has 0 radical (unpaired) electrons. The zero-order valence-electron chi connectivity index (χ0n) is 11.7. The predicted octanol–water partition coefficient (Wildman–Crippen LogP) is 3.40. The second-order valence-electron chi connectivity index (χ2n) is 5.01. The van der Waals surface area contributed by atoms with Crippen molar-refractivity contribution in [3.05, 3.63) is 70.0 Å². The van der Waals surface area contributed by atoms with Crippen LogP contribution in [0.1, 0.15) is 16.7 Å². The van der Waals surface area contributed by atoms with Gasteiger partial charge in [0.1, 0.15) is 11.7 Å². The normalized spacial score (nSPS) is 10.9. The molecule has 0 fully saturated rings. The lowest BCUT2D eigenvalue weighted by Gasteiger charge is -2.19. The number of hydrogen-bond acceptors (Lipinski definition) is 2. The van der Waals surface area contributed by atoms with E-state index in [1.807, 2.05) is 31.3 Å². The lowest BCUT2D eigenvalue weighted by Crippen LogP contribution is -2.21. The van der Waals surface area contributed by atoms with Crippen LogP contribution in [0.15, 0.2) is 42.5 Å². The minimum Gasteiger partial charge on any atom is -0.384 e. The average molecular weight is 306 g/mol. The van der Waals surface area contributed by atoms with E-state index in [4.69, 9.17) is 22.7 Å². The smallest absolute Gasteiger partial charge is 0.123 e. The Hall–Kier alpha value is -1.91. The van der Waals surface area contributed by atoms with Crippen molar-refractivity contribution in [3.63, 3.8) is 0 Å². The van der Waals surface area contributed by atoms with E-state index < -0.39 is 0 Å². The molecule has 0 saturated carbocycles. The highest BCUT2D eigenvalue weighted by Crippen LogP contribution is 2.15. The highest BCUT2D eigenvalue weighted by Gasteiger charge is 2.10. The third-order valence-electron chi connectivity index (χ3n) is 3.17. The van der Waals surface area contributed by atoms with Crippen molar-refractivity contribution >= 4 is 17.4 Å². The Morgan fingerprint density at radius 2 is 1.86 bits per heavy atom. The number of nitrogen functional groups attached to an aromatic ring is 1. The lowest BCUT2D eigenvalue weighted by molar-refractivity contribution is 0.319. The van der Waals surface area contributed by atoms with Crippen LogP contribution in [0.4, 0.5) is 4.39 Å². The summed E-state index contributed by atoms with van der Waals surface area (Å²) in [5, 5.41) is 8.25. The summed E-state index contributed by atoms with van der Waals surface area (Å²) in [6, 6.07) is 12.0. The fourth-order valence-electron chi connectivity index (χ4n) is 2.19. The van der Waals surface area contributed by atoms with Crippen LogP contribution in [0.5, 0.6) is 0 Å². The maximum atomic E-state index is 13.3. The fourth-order valence-corrected chi connectivity index (χ4v) is 2.31. The van der Waals surface area contributed by atoms with Crippen molar-refractivity contribution in [1.82, 2.24) is 4.90 Å². The van der Waals surface area contributed by atoms with Crippen LogP contribution in [0, 0.1) is 11.2 Å². The molecule has 2 aromatic carbocycles. The highest BCUT2D eigenvalue weighted by atomic mass is 35.5. The first-order valence-electron chi connectivity index (χ1n) is 6.51. The van der Waals surface area contributed by atoms with E-state index in [1.54, 1.807) is 6.07 Å². The Balaban J connectivity index is 2.10. The standard InChI is InChI=1S/C16H17ClFN3/c1-21(9-11-2-5-13(17)6-3-11)10-12-4-7-14(18)8-15(12)16(19)20/h2-8H,9-10H2,1H3,(H3,19,20). The first-order valence-corrected chi connectivity index (χ1v) is 6.89. The van der Waals surface area contributed by atoms with E-state index in [9.17, 15) is 4.39 Å². The van der Waals surface area contributed by atoms with E-state index in [0.29, 0.717) is 17.1 Å². The maximum absolute atomic E-state index is 13.3. The molecule has 21 heavy (non-hydrogen) atoms. The number of nitrogens with two attached hydrogens (primary N) is 1. The summed E-state index contributed by atoms with van der Waals surface area (Å²) in [5.41, 5.74) is 7.92. The Morgan fingerprint density at radius 3 is 2.48 bits per heavy atom.